The molecule has 178 valence electrons. The molecule has 5 N–H and O–H groups in total. The number of halogens is 3. The molecular formula is C24H26F3N7. The third kappa shape index (κ3) is 4.31. The maximum Gasteiger partial charge on any atom is 0.416 e. The highest BCUT2D eigenvalue weighted by molar-refractivity contribution is 5.59. The minimum absolute atomic E-state index is 0.282. The summed E-state index contributed by atoms with van der Waals surface area (Å²) in [5.74, 6) is 0.800. The molecule has 3 aromatic rings. The fraction of sp³-hybridized carbons (Fsp3) is 0.333. The topological polar surface area (TPSA) is 91.1 Å². The Hall–Kier alpha value is -3.21. The minimum atomic E-state index is -4.33. The van der Waals surface area contributed by atoms with Crippen LogP contribution in [0.5, 0.6) is 0 Å². The molecule has 1 unspecified atom stereocenters. The van der Waals surface area contributed by atoms with E-state index in [0.29, 0.717) is 6.54 Å². The van der Waals surface area contributed by atoms with Crippen molar-refractivity contribution >= 4 is 11.5 Å². The Kier molecular flexibility index (Phi) is 5.88. The molecular weight excluding hydrogens is 443 g/mol. The van der Waals surface area contributed by atoms with E-state index in [1.54, 1.807) is 6.20 Å². The number of piperidine rings is 1. The number of anilines is 2. The fourth-order valence-electron chi connectivity index (χ4n) is 4.51. The van der Waals surface area contributed by atoms with Crippen LogP contribution >= 0.6 is 0 Å². The zero-order valence-electron chi connectivity index (χ0n) is 18.4. The Balaban J connectivity index is 1.31. The van der Waals surface area contributed by atoms with Gasteiger partial charge in [-0.1, -0.05) is 24.3 Å². The van der Waals surface area contributed by atoms with Crippen molar-refractivity contribution in [1.29, 1.82) is 0 Å². The Bertz CT molecular complexity index is 1130. The Labute approximate surface area is 195 Å². The fourth-order valence-corrected chi connectivity index (χ4v) is 4.51. The second kappa shape index (κ2) is 8.86. The summed E-state index contributed by atoms with van der Waals surface area (Å²) in [6.45, 7) is 2.30. The second-order valence-electron chi connectivity index (χ2n) is 8.66. The SMILES string of the molecule is NC1(c2ccc(NCc3ccc(C(F)(F)F)cc3)cc2)NN(C2CCNCC2)c2ncncc21. The molecule has 0 amide bonds. The molecule has 0 aliphatic carbocycles. The Morgan fingerprint density at radius 3 is 2.44 bits per heavy atom. The number of alkyl halides is 3. The molecule has 1 fully saturated rings. The quantitative estimate of drug-likeness (QED) is 0.456. The van der Waals surface area contributed by atoms with Gasteiger partial charge in [-0.05, 0) is 61.3 Å². The lowest BCUT2D eigenvalue weighted by atomic mass is 9.95. The smallest absolute Gasteiger partial charge is 0.381 e. The minimum Gasteiger partial charge on any atom is -0.381 e. The molecule has 1 aromatic heterocycles. The van der Waals surface area contributed by atoms with Crippen LogP contribution in [-0.4, -0.2) is 29.1 Å². The van der Waals surface area contributed by atoms with E-state index in [9.17, 15) is 13.2 Å². The van der Waals surface area contributed by atoms with Gasteiger partial charge in [0.2, 0.25) is 0 Å². The van der Waals surface area contributed by atoms with E-state index >= 15 is 0 Å². The van der Waals surface area contributed by atoms with Gasteiger partial charge in [0.1, 0.15) is 12.0 Å². The van der Waals surface area contributed by atoms with Crippen molar-refractivity contribution in [3.63, 3.8) is 0 Å². The van der Waals surface area contributed by atoms with Gasteiger partial charge in [-0.25, -0.2) is 15.4 Å². The molecule has 3 heterocycles. The van der Waals surface area contributed by atoms with Crippen molar-refractivity contribution in [3.05, 3.63) is 83.3 Å². The first kappa shape index (κ1) is 22.6. The molecule has 1 saturated heterocycles. The van der Waals surface area contributed by atoms with Gasteiger partial charge in [0.25, 0.3) is 0 Å². The number of rotatable bonds is 5. The van der Waals surface area contributed by atoms with Crippen LogP contribution in [-0.2, 0) is 18.4 Å². The number of nitrogens with zero attached hydrogens (tertiary/aromatic N) is 3. The van der Waals surface area contributed by atoms with Crippen LogP contribution in [0.1, 0.15) is 35.1 Å². The van der Waals surface area contributed by atoms with Crippen LogP contribution in [0.4, 0.5) is 24.7 Å². The van der Waals surface area contributed by atoms with Crippen molar-refractivity contribution in [2.24, 2.45) is 5.73 Å². The van der Waals surface area contributed by atoms with Crippen LogP contribution < -0.4 is 26.8 Å². The van der Waals surface area contributed by atoms with Crippen molar-refractivity contribution in [2.75, 3.05) is 23.4 Å². The van der Waals surface area contributed by atoms with E-state index in [1.807, 2.05) is 24.3 Å². The van der Waals surface area contributed by atoms with E-state index in [1.165, 1.54) is 18.5 Å². The third-order valence-electron chi connectivity index (χ3n) is 6.43. The van der Waals surface area contributed by atoms with Gasteiger partial charge in [-0.2, -0.15) is 13.2 Å². The standard InChI is InChI=1S/C24H26F3N7/c25-24(26,27)18-3-1-16(2-4-18)13-31-19-7-5-17(6-8-19)23(28)21-14-30-15-32-22(21)34(33-23)20-9-11-29-12-10-20/h1-8,14-15,20,29,31,33H,9-13,28H2. The summed E-state index contributed by atoms with van der Waals surface area (Å²) in [6, 6.07) is 13.1. The molecule has 0 radical (unpaired) electrons. The van der Waals surface area contributed by atoms with Gasteiger partial charge < -0.3 is 16.4 Å². The Morgan fingerprint density at radius 1 is 1.06 bits per heavy atom. The molecule has 0 spiro atoms. The first-order valence-corrected chi connectivity index (χ1v) is 11.2. The van der Waals surface area contributed by atoms with E-state index in [-0.39, 0.29) is 6.04 Å². The number of nitrogens with two attached hydrogens (primary N) is 1. The average molecular weight is 470 g/mol. The lowest BCUT2D eigenvalue weighted by Crippen LogP contribution is -2.57. The summed E-state index contributed by atoms with van der Waals surface area (Å²) in [6.07, 6.45) is 0.932. The van der Waals surface area contributed by atoms with Gasteiger partial charge in [0.05, 0.1) is 11.1 Å². The van der Waals surface area contributed by atoms with Crippen LogP contribution in [0.2, 0.25) is 0 Å². The number of aromatic nitrogens is 2. The second-order valence-corrected chi connectivity index (χ2v) is 8.66. The van der Waals surface area contributed by atoms with Gasteiger partial charge in [-0.3, -0.25) is 5.01 Å². The molecule has 2 aromatic carbocycles. The predicted molar refractivity (Wildman–Crippen MR) is 124 cm³/mol. The first-order chi connectivity index (χ1) is 16.3. The van der Waals surface area contributed by atoms with Crippen molar-refractivity contribution in [1.82, 2.24) is 20.7 Å². The van der Waals surface area contributed by atoms with Crippen LogP contribution in [0.15, 0.2) is 61.1 Å². The maximum absolute atomic E-state index is 12.7. The molecule has 7 nitrogen and oxygen atoms in total. The molecule has 2 aliphatic heterocycles. The molecule has 10 heteroatoms. The number of hydrazine groups is 1. The molecule has 34 heavy (non-hydrogen) atoms. The normalized spacial score (nSPS) is 20.9. The van der Waals surface area contributed by atoms with Crippen LogP contribution in [0.3, 0.4) is 0 Å². The summed E-state index contributed by atoms with van der Waals surface area (Å²) >= 11 is 0. The van der Waals surface area contributed by atoms with Crippen molar-refractivity contribution in [2.45, 2.75) is 37.3 Å². The summed E-state index contributed by atoms with van der Waals surface area (Å²) in [7, 11) is 0. The number of benzene rings is 2. The van der Waals surface area contributed by atoms with E-state index < -0.39 is 17.4 Å². The monoisotopic (exact) mass is 469 g/mol. The lowest BCUT2D eigenvalue weighted by molar-refractivity contribution is -0.137. The highest BCUT2D eigenvalue weighted by Gasteiger charge is 2.44. The molecule has 2 aliphatic rings. The molecule has 1 atom stereocenters. The largest absolute Gasteiger partial charge is 0.416 e. The van der Waals surface area contributed by atoms with Crippen LogP contribution in [0.25, 0.3) is 0 Å². The van der Waals surface area contributed by atoms with Crippen LogP contribution in [0, 0.1) is 0 Å². The van der Waals surface area contributed by atoms with Gasteiger partial charge in [0, 0.05) is 24.5 Å². The van der Waals surface area contributed by atoms with Crippen molar-refractivity contribution in [3.8, 4) is 0 Å². The van der Waals surface area contributed by atoms with E-state index in [4.69, 9.17) is 5.73 Å². The summed E-state index contributed by atoms with van der Waals surface area (Å²) < 4.78 is 38.2. The van der Waals surface area contributed by atoms with Gasteiger partial charge in [0.15, 0.2) is 5.82 Å². The highest BCUT2D eigenvalue weighted by atomic mass is 19.4. The first-order valence-electron chi connectivity index (χ1n) is 11.2. The van der Waals surface area contributed by atoms with Crippen molar-refractivity contribution < 1.29 is 13.2 Å². The maximum atomic E-state index is 12.7. The van der Waals surface area contributed by atoms with Gasteiger partial charge in [-0.15, -0.1) is 0 Å². The predicted octanol–water partition coefficient (Wildman–Crippen LogP) is 3.34. The van der Waals surface area contributed by atoms with E-state index in [0.717, 1.165) is 66.3 Å². The number of fused-ring (bicyclic) bond motifs is 1. The Morgan fingerprint density at radius 2 is 1.76 bits per heavy atom. The lowest BCUT2D eigenvalue weighted by Gasteiger charge is -2.35. The zero-order chi connectivity index (χ0) is 23.8. The summed E-state index contributed by atoms with van der Waals surface area (Å²) in [5, 5.41) is 8.70. The van der Waals surface area contributed by atoms with E-state index in [2.05, 4.69) is 31.0 Å². The number of hydrogen-bond donors (Lipinski definition) is 4. The number of nitrogens with one attached hydrogen (secondary N) is 3. The highest BCUT2D eigenvalue weighted by Crippen LogP contribution is 2.38. The van der Waals surface area contributed by atoms with Gasteiger partial charge >= 0.3 is 6.18 Å². The summed E-state index contributed by atoms with van der Waals surface area (Å²) in [4.78, 5) is 8.71. The molecule has 0 saturated carbocycles. The molecule has 5 rings (SSSR count). The summed E-state index contributed by atoms with van der Waals surface area (Å²) in [5.41, 5.74) is 12.0. The third-order valence-corrected chi connectivity index (χ3v) is 6.43. The number of hydrogen-bond acceptors (Lipinski definition) is 7. The molecule has 0 bridgehead atoms. The zero-order valence-corrected chi connectivity index (χ0v) is 18.4. The average Bonchev–Trinajstić information content (AvgIpc) is 3.17.